The van der Waals surface area contributed by atoms with Crippen LogP contribution in [0.3, 0.4) is 0 Å². The number of halogens is 2. The fourth-order valence-electron chi connectivity index (χ4n) is 3.05. The summed E-state index contributed by atoms with van der Waals surface area (Å²) in [5, 5.41) is 5.74. The van der Waals surface area contributed by atoms with Crippen LogP contribution in [-0.4, -0.2) is 65.6 Å². The van der Waals surface area contributed by atoms with Crippen molar-refractivity contribution >= 4 is 68.6 Å². The van der Waals surface area contributed by atoms with Gasteiger partial charge >= 0.3 is 0 Å². The van der Waals surface area contributed by atoms with Gasteiger partial charge in [-0.25, -0.2) is 13.1 Å². The van der Waals surface area contributed by atoms with Gasteiger partial charge in [-0.3, -0.25) is 4.99 Å². The van der Waals surface area contributed by atoms with Crippen molar-refractivity contribution in [3.8, 4) is 0 Å². The van der Waals surface area contributed by atoms with E-state index in [1.807, 2.05) is 24.3 Å². The van der Waals surface area contributed by atoms with Gasteiger partial charge in [0.15, 0.2) is 5.96 Å². The SMILES string of the molecule is CN=C(NCCNS(=O)(=O)c1cccs1)N1CCN(c2ccccc2Cl)CC1.I. The van der Waals surface area contributed by atoms with E-state index < -0.39 is 10.0 Å². The van der Waals surface area contributed by atoms with Crippen molar-refractivity contribution in [1.29, 1.82) is 0 Å². The highest BCUT2D eigenvalue weighted by Gasteiger charge is 2.21. The summed E-state index contributed by atoms with van der Waals surface area (Å²) in [7, 11) is -1.70. The minimum Gasteiger partial charge on any atom is -0.367 e. The van der Waals surface area contributed by atoms with E-state index in [2.05, 4.69) is 24.8 Å². The third-order valence-electron chi connectivity index (χ3n) is 4.44. The molecule has 1 saturated heterocycles. The van der Waals surface area contributed by atoms with E-state index in [0.717, 1.165) is 42.8 Å². The second-order valence-electron chi connectivity index (χ2n) is 6.23. The number of para-hydroxylation sites is 1. The van der Waals surface area contributed by atoms with Crippen molar-refractivity contribution in [2.75, 3.05) is 51.2 Å². The van der Waals surface area contributed by atoms with Crippen LogP contribution < -0.4 is 14.9 Å². The first-order valence-corrected chi connectivity index (χ1v) is 11.7. The average molecular weight is 570 g/mol. The Labute approximate surface area is 198 Å². The van der Waals surface area contributed by atoms with E-state index in [1.165, 1.54) is 11.3 Å². The lowest BCUT2D eigenvalue weighted by Crippen LogP contribution is -2.53. The van der Waals surface area contributed by atoms with Gasteiger partial charge in [0.05, 0.1) is 10.7 Å². The van der Waals surface area contributed by atoms with Crippen molar-refractivity contribution in [2.24, 2.45) is 4.99 Å². The molecule has 7 nitrogen and oxygen atoms in total. The molecule has 2 N–H and O–H groups in total. The molecule has 1 aliphatic heterocycles. The minimum atomic E-state index is -3.43. The van der Waals surface area contributed by atoms with Crippen LogP contribution in [0.2, 0.25) is 5.02 Å². The maximum atomic E-state index is 12.1. The molecule has 1 aromatic carbocycles. The number of hydrogen-bond donors (Lipinski definition) is 2. The largest absolute Gasteiger partial charge is 0.367 e. The number of guanidine groups is 1. The highest BCUT2D eigenvalue weighted by molar-refractivity contribution is 14.0. The Morgan fingerprint density at radius 2 is 1.86 bits per heavy atom. The van der Waals surface area contributed by atoms with E-state index in [1.54, 1.807) is 24.6 Å². The standard InChI is InChI=1S/C18H24ClN5O2S2.HI/c1-20-18(21-8-9-22-28(25,26)17-7-4-14-27-17)24-12-10-23(11-13-24)16-6-3-2-5-15(16)19;/h2-7,14,22H,8-13H2,1H3,(H,20,21);1H. The fraction of sp³-hybridized carbons (Fsp3) is 0.389. The van der Waals surface area contributed by atoms with Gasteiger partial charge in [-0.2, -0.15) is 0 Å². The Hall–Kier alpha value is -1.08. The molecule has 160 valence electrons. The molecular formula is C18H25ClIN5O2S2. The number of rotatable bonds is 6. The number of nitrogens with zero attached hydrogens (tertiary/aromatic N) is 3. The Bertz CT molecular complexity index is 901. The first-order chi connectivity index (χ1) is 13.5. The molecule has 2 aromatic rings. The van der Waals surface area contributed by atoms with Crippen LogP contribution in [0.1, 0.15) is 0 Å². The maximum Gasteiger partial charge on any atom is 0.250 e. The Morgan fingerprint density at radius 3 is 2.48 bits per heavy atom. The first kappa shape index (κ1) is 24.2. The predicted molar refractivity (Wildman–Crippen MR) is 132 cm³/mol. The third-order valence-corrected chi connectivity index (χ3v) is 7.62. The molecule has 0 bridgehead atoms. The Balaban J connectivity index is 0.00000300. The molecule has 1 fully saturated rings. The van der Waals surface area contributed by atoms with E-state index in [9.17, 15) is 8.42 Å². The topological polar surface area (TPSA) is 77.0 Å². The molecule has 0 aliphatic carbocycles. The molecule has 1 aromatic heterocycles. The van der Waals surface area contributed by atoms with Crippen LogP contribution >= 0.6 is 46.9 Å². The van der Waals surface area contributed by atoms with Gasteiger partial charge in [0.25, 0.3) is 0 Å². The zero-order chi connectivity index (χ0) is 20.0. The lowest BCUT2D eigenvalue weighted by Gasteiger charge is -2.38. The van der Waals surface area contributed by atoms with Gasteiger partial charge in [0.1, 0.15) is 4.21 Å². The van der Waals surface area contributed by atoms with E-state index in [0.29, 0.717) is 17.3 Å². The number of nitrogens with one attached hydrogen (secondary N) is 2. The van der Waals surface area contributed by atoms with Crippen molar-refractivity contribution in [3.05, 3.63) is 46.8 Å². The molecule has 0 radical (unpaired) electrons. The molecular weight excluding hydrogens is 545 g/mol. The van der Waals surface area contributed by atoms with Crippen LogP contribution in [-0.2, 0) is 10.0 Å². The van der Waals surface area contributed by atoms with E-state index >= 15 is 0 Å². The van der Waals surface area contributed by atoms with Crippen molar-refractivity contribution < 1.29 is 8.42 Å². The fourth-order valence-corrected chi connectivity index (χ4v) is 5.37. The molecule has 3 rings (SSSR count). The zero-order valence-electron chi connectivity index (χ0n) is 16.0. The molecule has 0 saturated carbocycles. The number of sulfonamides is 1. The predicted octanol–water partition coefficient (Wildman–Crippen LogP) is 2.70. The van der Waals surface area contributed by atoms with Crippen molar-refractivity contribution in [3.63, 3.8) is 0 Å². The molecule has 1 aliphatic rings. The summed E-state index contributed by atoms with van der Waals surface area (Å²) in [5.74, 6) is 0.772. The van der Waals surface area contributed by atoms with Gasteiger partial charge in [0.2, 0.25) is 10.0 Å². The van der Waals surface area contributed by atoms with Crippen LogP contribution in [0.25, 0.3) is 0 Å². The monoisotopic (exact) mass is 569 g/mol. The van der Waals surface area contributed by atoms with Gasteiger partial charge in [-0.1, -0.05) is 29.8 Å². The zero-order valence-corrected chi connectivity index (χ0v) is 20.8. The van der Waals surface area contributed by atoms with Crippen LogP contribution in [0, 0.1) is 0 Å². The Kier molecular flexibility index (Phi) is 9.47. The number of piperazine rings is 1. The minimum absolute atomic E-state index is 0. The summed E-state index contributed by atoms with van der Waals surface area (Å²) in [6, 6.07) is 11.2. The van der Waals surface area contributed by atoms with Gasteiger partial charge in [-0.05, 0) is 23.6 Å². The van der Waals surface area contributed by atoms with Crippen LogP contribution in [0.5, 0.6) is 0 Å². The maximum absolute atomic E-state index is 12.1. The lowest BCUT2D eigenvalue weighted by molar-refractivity contribution is 0.373. The van der Waals surface area contributed by atoms with Crippen molar-refractivity contribution in [1.82, 2.24) is 14.9 Å². The van der Waals surface area contributed by atoms with Gasteiger partial charge in [-0.15, -0.1) is 35.3 Å². The summed E-state index contributed by atoms with van der Waals surface area (Å²) < 4.78 is 27.2. The molecule has 0 amide bonds. The second kappa shape index (κ2) is 11.3. The summed E-state index contributed by atoms with van der Waals surface area (Å²) in [5.41, 5.74) is 1.05. The molecule has 11 heteroatoms. The summed E-state index contributed by atoms with van der Waals surface area (Å²) in [6.45, 7) is 4.06. The molecule has 29 heavy (non-hydrogen) atoms. The normalized spacial score (nSPS) is 15.2. The number of hydrogen-bond acceptors (Lipinski definition) is 5. The van der Waals surface area contributed by atoms with E-state index in [-0.39, 0.29) is 24.0 Å². The number of thiophene rings is 1. The van der Waals surface area contributed by atoms with Gasteiger partial charge < -0.3 is 15.1 Å². The first-order valence-electron chi connectivity index (χ1n) is 8.99. The number of aliphatic imine (C=N–C) groups is 1. The highest BCUT2D eigenvalue weighted by atomic mass is 127. The van der Waals surface area contributed by atoms with Crippen molar-refractivity contribution in [2.45, 2.75) is 4.21 Å². The average Bonchev–Trinajstić information content (AvgIpc) is 3.25. The second-order valence-corrected chi connectivity index (χ2v) is 9.58. The smallest absolute Gasteiger partial charge is 0.250 e. The summed E-state index contributed by atoms with van der Waals surface area (Å²) in [6.07, 6.45) is 0. The molecule has 0 unspecified atom stereocenters. The number of benzene rings is 1. The molecule has 2 heterocycles. The summed E-state index contributed by atoms with van der Waals surface area (Å²) in [4.78, 5) is 8.76. The highest BCUT2D eigenvalue weighted by Crippen LogP contribution is 2.26. The number of anilines is 1. The molecule has 0 spiro atoms. The quantitative estimate of drug-likeness (QED) is 0.242. The lowest BCUT2D eigenvalue weighted by atomic mass is 10.2. The van der Waals surface area contributed by atoms with Gasteiger partial charge in [0, 0.05) is 46.3 Å². The third kappa shape index (κ3) is 6.45. The van der Waals surface area contributed by atoms with E-state index in [4.69, 9.17) is 11.6 Å². The van der Waals surface area contributed by atoms with Crippen LogP contribution in [0.15, 0.2) is 51.0 Å². The van der Waals surface area contributed by atoms with Crippen LogP contribution in [0.4, 0.5) is 5.69 Å². The molecule has 0 atom stereocenters. The summed E-state index contributed by atoms with van der Waals surface area (Å²) >= 11 is 7.50. The Morgan fingerprint density at radius 1 is 1.14 bits per heavy atom.